The minimum absolute atomic E-state index is 0.139. The Morgan fingerprint density at radius 3 is 2.84 bits per heavy atom. The monoisotopic (exact) mass is 276 g/mol. The average molecular weight is 277 g/mol. The molecule has 0 aliphatic rings. The second-order valence-corrected chi connectivity index (χ2v) is 4.32. The number of carbonyl (C=O) groups is 1. The van der Waals surface area contributed by atoms with Crippen molar-refractivity contribution in [3.63, 3.8) is 0 Å². The van der Waals surface area contributed by atoms with E-state index in [1.165, 1.54) is 0 Å². The molecule has 0 unspecified atom stereocenters. The van der Waals surface area contributed by atoms with Gasteiger partial charge < -0.3 is 10.1 Å². The molecule has 0 aliphatic carbocycles. The quantitative estimate of drug-likeness (QED) is 0.934. The predicted molar refractivity (Wildman–Crippen MR) is 74.6 cm³/mol. The van der Waals surface area contributed by atoms with Crippen molar-refractivity contribution >= 4 is 23.3 Å². The van der Waals surface area contributed by atoms with Gasteiger partial charge in [-0.25, -0.2) is 4.98 Å². The standard InChI is InChI=1S/C14H13ClN2O2/c1-19-12-6-5-10(8-11(12)15)9-14(18)17-13-4-2-3-7-16-13/h2-8H,9H2,1H3,(H,16,17,18). The topological polar surface area (TPSA) is 51.2 Å². The van der Waals surface area contributed by atoms with Gasteiger partial charge in [0, 0.05) is 6.20 Å². The Hall–Kier alpha value is -2.07. The van der Waals surface area contributed by atoms with Crippen molar-refractivity contribution in [1.29, 1.82) is 0 Å². The van der Waals surface area contributed by atoms with Gasteiger partial charge in [-0.15, -0.1) is 0 Å². The Labute approximate surface area is 116 Å². The van der Waals surface area contributed by atoms with Gasteiger partial charge in [-0.1, -0.05) is 23.7 Å². The van der Waals surface area contributed by atoms with E-state index in [2.05, 4.69) is 10.3 Å². The number of pyridine rings is 1. The highest BCUT2D eigenvalue weighted by Gasteiger charge is 2.07. The van der Waals surface area contributed by atoms with Crippen molar-refractivity contribution < 1.29 is 9.53 Å². The summed E-state index contributed by atoms with van der Waals surface area (Å²) in [5.74, 6) is 0.989. The van der Waals surface area contributed by atoms with Gasteiger partial charge in [0.15, 0.2) is 0 Å². The van der Waals surface area contributed by atoms with Crippen LogP contribution in [-0.4, -0.2) is 18.0 Å². The lowest BCUT2D eigenvalue weighted by Crippen LogP contribution is -2.15. The summed E-state index contributed by atoms with van der Waals surface area (Å²) >= 11 is 6.00. The zero-order chi connectivity index (χ0) is 13.7. The Balaban J connectivity index is 2.01. The van der Waals surface area contributed by atoms with Crippen molar-refractivity contribution in [3.8, 4) is 5.75 Å². The summed E-state index contributed by atoms with van der Waals surface area (Å²) in [5.41, 5.74) is 0.819. The average Bonchev–Trinajstić information content (AvgIpc) is 2.40. The van der Waals surface area contributed by atoms with Crippen LogP contribution in [0.4, 0.5) is 5.82 Å². The molecule has 0 saturated carbocycles. The van der Waals surface area contributed by atoms with Gasteiger partial charge in [-0.3, -0.25) is 4.79 Å². The molecule has 5 heteroatoms. The van der Waals surface area contributed by atoms with Gasteiger partial charge in [0.1, 0.15) is 11.6 Å². The number of rotatable bonds is 4. The van der Waals surface area contributed by atoms with Crippen LogP contribution in [0.2, 0.25) is 5.02 Å². The highest BCUT2D eigenvalue weighted by molar-refractivity contribution is 6.32. The lowest BCUT2D eigenvalue weighted by molar-refractivity contribution is -0.115. The second kappa shape index (κ2) is 6.20. The normalized spacial score (nSPS) is 10.0. The largest absolute Gasteiger partial charge is 0.495 e. The molecule has 0 spiro atoms. The number of hydrogen-bond acceptors (Lipinski definition) is 3. The van der Waals surface area contributed by atoms with E-state index in [9.17, 15) is 4.79 Å². The van der Waals surface area contributed by atoms with E-state index in [-0.39, 0.29) is 12.3 Å². The third-order valence-electron chi connectivity index (χ3n) is 2.51. The Kier molecular flexibility index (Phi) is 4.36. The first-order valence-electron chi connectivity index (χ1n) is 5.72. The first-order valence-corrected chi connectivity index (χ1v) is 6.10. The number of nitrogens with zero attached hydrogens (tertiary/aromatic N) is 1. The SMILES string of the molecule is COc1ccc(CC(=O)Nc2ccccn2)cc1Cl. The number of carbonyl (C=O) groups excluding carboxylic acids is 1. The summed E-state index contributed by atoms with van der Waals surface area (Å²) in [4.78, 5) is 15.8. The van der Waals surface area contributed by atoms with E-state index in [1.54, 1.807) is 37.6 Å². The number of halogens is 1. The van der Waals surface area contributed by atoms with Crippen LogP contribution in [0.3, 0.4) is 0 Å². The fourth-order valence-electron chi connectivity index (χ4n) is 1.63. The maximum Gasteiger partial charge on any atom is 0.229 e. The first-order chi connectivity index (χ1) is 9.19. The van der Waals surface area contributed by atoms with Crippen LogP contribution in [0.1, 0.15) is 5.56 Å². The van der Waals surface area contributed by atoms with Gasteiger partial charge in [-0.05, 0) is 29.8 Å². The highest BCUT2D eigenvalue weighted by Crippen LogP contribution is 2.25. The van der Waals surface area contributed by atoms with Gasteiger partial charge >= 0.3 is 0 Å². The van der Waals surface area contributed by atoms with E-state index in [0.717, 1.165) is 5.56 Å². The molecule has 1 heterocycles. The van der Waals surface area contributed by atoms with Crippen molar-refractivity contribution in [3.05, 3.63) is 53.2 Å². The van der Waals surface area contributed by atoms with E-state index >= 15 is 0 Å². The number of amides is 1. The Morgan fingerprint density at radius 2 is 2.21 bits per heavy atom. The van der Waals surface area contributed by atoms with Gasteiger partial charge in [0.05, 0.1) is 18.6 Å². The molecule has 1 amide bonds. The molecular weight excluding hydrogens is 264 g/mol. The molecule has 1 N–H and O–H groups in total. The molecule has 19 heavy (non-hydrogen) atoms. The molecule has 2 aromatic rings. The minimum atomic E-state index is -0.139. The third kappa shape index (κ3) is 3.69. The number of anilines is 1. The van der Waals surface area contributed by atoms with Crippen LogP contribution >= 0.6 is 11.6 Å². The number of benzene rings is 1. The van der Waals surface area contributed by atoms with Crippen LogP contribution < -0.4 is 10.1 Å². The zero-order valence-corrected chi connectivity index (χ0v) is 11.1. The van der Waals surface area contributed by atoms with Crippen molar-refractivity contribution in [2.45, 2.75) is 6.42 Å². The van der Waals surface area contributed by atoms with E-state index in [0.29, 0.717) is 16.6 Å². The molecule has 0 saturated heterocycles. The number of aromatic nitrogens is 1. The summed E-state index contributed by atoms with van der Waals surface area (Å²) in [6.45, 7) is 0. The van der Waals surface area contributed by atoms with Gasteiger partial charge in [0.2, 0.25) is 5.91 Å². The fraction of sp³-hybridized carbons (Fsp3) is 0.143. The number of methoxy groups -OCH3 is 1. The summed E-state index contributed by atoms with van der Waals surface area (Å²) in [6, 6.07) is 10.6. The lowest BCUT2D eigenvalue weighted by atomic mass is 10.1. The van der Waals surface area contributed by atoms with Crippen LogP contribution in [0.15, 0.2) is 42.6 Å². The summed E-state index contributed by atoms with van der Waals surface area (Å²) in [6.07, 6.45) is 1.86. The lowest BCUT2D eigenvalue weighted by Gasteiger charge is -2.07. The molecule has 1 aromatic heterocycles. The van der Waals surface area contributed by atoms with E-state index in [1.807, 2.05) is 12.1 Å². The molecule has 1 aromatic carbocycles. The van der Waals surface area contributed by atoms with Gasteiger partial charge in [0.25, 0.3) is 0 Å². The molecule has 2 rings (SSSR count). The minimum Gasteiger partial charge on any atom is -0.495 e. The van der Waals surface area contributed by atoms with Gasteiger partial charge in [-0.2, -0.15) is 0 Å². The smallest absolute Gasteiger partial charge is 0.229 e. The number of nitrogens with one attached hydrogen (secondary N) is 1. The number of hydrogen-bond donors (Lipinski definition) is 1. The Morgan fingerprint density at radius 1 is 1.37 bits per heavy atom. The predicted octanol–water partition coefficient (Wildman–Crippen LogP) is 2.92. The van der Waals surface area contributed by atoms with Crippen molar-refractivity contribution in [1.82, 2.24) is 4.98 Å². The molecule has 4 nitrogen and oxygen atoms in total. The maximum atomic E-state index is 11.8. The molecule has 0 fully saturated rings. The molecular formula is C14H13ClN2O2. The molecule has 98 valence electrons. The van der Waals surface area contributed by atoms with Crippen molar-refractivity contribution in [2.24, 2.45) is 0 Å². The molecule has 0 bridgehead atoms. The Bertz CT molecular complexity index is 573. The van der Waals surface area contributed by atoms with Crippen LogP contribution in [-0.2, 0) is 11.2 Å². The number of ether oxygens (including phenoxy) is 1. The summed E-state index contributed by atoms with van der Waals surface area (Å²) in [7, 11) is 1.55. The third-order valence-corrected chi connectivity index (χ3v) is 2.81. The highest BCUT2D eigenvalue weighted by atomic mass is 35.5. The fourth-order valence-corrected chi connectivity index (χ4v) is 1.91. The second-order valence-electron chi connectivity index (χ2n) is 3.91. The van der Waals surface area contributed by atoms with Crippen LogP contribution in [0.5, 0.6) is 5.75 Å². The van der Waals surface area contributed by atoms with Crippen molar-refractivity contribution in [2.75, 3.05) is 12.4 Å². The molecule has 0 radical (unpaired) electrons. The van der Waals surface area contributed by atoms with Crippen LogP contribution in [0.25, 0.3) is 0 Å². The summed E-state index contributed by atoms with van der Waals surface area (Å²) < 4.78 is 5.06. The maximum absolute atomic E-state index is 11.8. The zero-order valence-electron chi connectivity index (χ0n) is 10.4. The summed E-state index contributed by atoms with van der Waals surface area (Å²) in [5, 5.41) is 3.21. The first kappa shape index (κ1) is 13.4. The van der Waals surface area contributed by atoms with E-state index in [4.69, 9.17) is 16.3 Å². The van der Waals surface area contributed by atoms with E-state index < -0.39 is 0 Å². The molecule has 0 atom stereocenters. The molecule has 0 aliphatic heterocycles. The van der Waals surface area contributed by atoms with Crippen LogP contribution in [0, 0.1) is 0 Å².